The second-order valence-electron chi connectivity index (χ2n) is 4.49. The quantitative estimate of drug-likeness (QED) is 0.609. The van der Waals surface area contributed by atoms with Crippen LogP contribution in [0.2, 0.25) is 0 Å². The normalized spacial score (nSPS) is 17.1. The molecule has 0 amide bonds. The molecule has 2 N–H and O–H groups in total. The zero-order valence-electron chi connectivity index (χ0n) is 9.50. The van der Waals surface area contributed by atoms with Gasteiger partial charge in [0.25, 0.3) is 0 Å². The lowest BCUT2D eigenvalue weighted by atomic mass is 10.1. The Kier molecular flexibility index (Phi) is 6.41. The van der Waals surface area contributed by atoms with Crippen LogP contribution in [0.15, 0.2) is 0 Å². The minimum atomic E-state index is -0.668. The van der Waals surface area contributed by atoms with Gasteiger partial charge < -0.3 is 10.4 Å². The zero-order valence-corrected chi connectivity index (χ0v) is 9.50. The fourth-order valence-corrected chi connectivity index (χ4v) is 2.19. The Morgan fingerprint density at radius 2 is 1.80 bits per heavy atom. The summed E-state index contributed by atoms with van der Waals surface area (Å²) in [5.41, 5.74) is 0. The van der Waals surface area contributed by atoms with Crippen LogP contribution in [0.5, 0.6) is 0 Å². The highest BCUT2D eigenvalue weighted by Crippen LogP contribution is 2.17. The molecule has 1 fully saturated rings. The molecule has 0 aliphatic heterocycles. The van der Waals surface area contributed by atoms with E-state index in [2.05, 4.69) is 5.32 Å². The smallest absolute Gasteiger partial charge is 0.303 e. The van der Waals surface area contributed by atoms with Crippen LogP contribution in [0, 0.1) is 0 Å². The van der Waals surface area contributed by atoms with Crippen LogP contribution in [0.3, 0.4) is 0 Å². The van der Waals surface area contributed by atoms with Crippen molar-refractivity contribution in [2.24, 2.45) is 0 Å². The number of rotatable bonds is 8. The molecule has 1 saturated carbocycles. The molecule has 1 aliphatic rings. The third-order valence-electron chi connectivity index (χ3n) is 3.11. The highest BCUT2D eigenvalue weighted by atomic mass is 16.4. The van der Waals surface area contributed by atoms with Gasteiger partial charge in [-0.3, -0.25) is 4.79 Å². The van der Waals surface area contributed by atoms with Crippen molar-refractivity contribution in [1.29, 1.82) is 0 Å². The molecule has 1 rings (SSSR count). The predicted molar refractivity (Wildman–Crippen MR) is 61.0 cm³/mol. The van der Waals surface area contributed by atoms with Crippen LogP contribution >= 0.6 is 0 Å². The number of hydrogen-bond acceptors (Lipinski definition) is 2. The van der Waals surface area contributed by atoms with Crippen LogP contribution in [-0.2, 0) is 4.79 Å². The Morgan fingerprint density at radius 3 is 2.47 bits per heavy atom. The van der Waals surface area contributed by atoms with Gasteiger partial charge in [-0.2, -0.15) is 0 Å². The number of hydrogen-bond donors (Lipinski definition) is 2. The summed E-state index contributed by atoms with van der Waals surface area (Å²) in [4.78, 5) is 10.2. The molecule has 3 heteroatoms. The molecule has 1 aliphatic carbocycles. The van der Waals surface area contributed by atoms with E-state index >= 15 is 0 Å². The van der Waals surface area contributed by atoms with Crippen molar-refractivity contribution < 1.29 is 9.90 Å². The summed E-state index contributed by atoms with van der Waals surface area (Å²) in [5, 5.41) is 12.0. The van der Waals surface area contributed by atoms with Crippen molar-refractivity contribution in [3.8, 4) is 0 Å². The number of unbranched alkanes of at least 4 members (excludes halogenated alkanes) is 3. The van der Waals surface area contributed by atoms with E-state index in [9.17, 15) is 4.79 Å². The average molecular weight is 213 g/mol. The average Bonchev–Trinajstić information content (AvgIpc) is 2.68. The fourth-order valence-electron chi connectivity index (χ4n) is 2.19. The SMILES string of the molecule is O=C(O)CCCCCCNC1CCCC1. The first-order valence-corrected chi connectivity index (χ1v) is 6.24. The van der Waals surface area contributed by atoms with E-state index in [1.807, 2.05) is 0 Å². The number of aliphatic carboxylic acids is 1. The fraction of sp³-hybridized carbons (Fsp3) is 0.917. The summed E-state index contributed by atoms with van der Waals surface area (Å²) >= 11 is 0. The van der Waals surface area contributed by atoms with Gasteiger partial charge in [0.15, 0.2) is 0 Å². The Hall–Kier alpha value is -0.570. The minimum Gasteiger partial charge on any atom is -0.481 e. The van der Waals surface area contributed by atoms with Crippen LogP contribution in [0.4, 0.5) is 0 Å². The van der Waals surface area contributed by atoms with Gasteiger partial charge in [0.1, 0.15) is 0 Å². The number of nitrogens with one attached hydrogen (secondary N) is 1. The largest absolute Gasteiger partial charge is 0.481 e. The van der Waals surface area contributed by atoms with E-state index in [0.717, 1.165) is 31.8 Å². The standard InChI is InChI=1S/C12H23NO2/c14-12(15)9-3-1-2-6-10-13-11-7-4-5-8-11/h11,13H,1-10H2,(H,14,15). The molecule has 0 bridgehead atoms. The maximum absolute atomic E-state index is 10.2. The summed E-state index contributed by atoms with van der Waals surface area (Å²) < 4.78 is 0. The van der Waals surface area contributed by atoms with E-state index in [1.165, 1.54) is 32.1 Å². The Labute approximate surface area is 92.3 Å². The zero-order chi connectivity index (χ0) is 10.9. The number of carboxylic acid groups (broad SMARTS) is 1. The maximum Gasteiger partial charge on any atom is 0.303 e. The molecule has 0 aromatic heterocycles. The predicted octanol–water partition coefficient (Wildman–Crippen LogP) is 2.55. The van der Waals surface area contributed by atoms with Crippen LogP contribution in [0.1, 0.15) is 57.8 Å². The van der Waals surface area contributed by atoms with Gasteiger partial charge in [0.05, 0.1) is 0 Å². The van der Waals surface area contributed by atoms with Crippen molar-refractivity contribution in [3.05, 3.63) is 0 Å². The molecule has 0 radical (unpaired) electrons. The molecule has 3 nitrogen and oxygen atoms in total. The van der Waals surface area contributed by atoms with E-state index in [0.29, 0.717) is 6.42 Å². The van der Waals surface area contributed by atoms with E-state index < -0.39 is 5.97 Å². The molecule has 15 heavy (non-hydrogen) atoms. The summed E-state index contributed by atoms with van der Waals surface area (Å²) in [6.07, 6.45) is 10.0. The van der Waals surface area contributed by atoms with E-state index in [1.54, 1.807) is 0 Å². The maximum atomic E-state index is 10.2. The van der Waals surface area contributed by atoms with Gasteiger partial charge in [-0.15, -0.1) is 0 Å². The monoisotopic (exact) mass is 213 g/mol. The van der Waals surface area contributed by atoms with Gasteiger partial charge >= 0.3 is 5.97 Å². The molecule has 0 aromatic carbocycles. The van der Waals surface area contributed by atoms with Crippen LogP contribution in [-0.4, -0.2) is 23.7 Å². The number of carboxylic acids is 1. The summed E-state index contributed by atoms with van der Waals surface area (Å²) in [5.74, 6) is -0.668. The molecule has 0 aromatic rings. The van der Waals surface area contributed by atoms with E-state index in [-0.39, 0.29) is 0 Å². The lowest BCUT2D eigenvalue weighted by molar-refractivity contribution is -0.137. The first-order valence-electron chi connectivity index (χ1n) is 6.24. The highest BCUT2D eigenvalue weighted by Gasteiger charge is 2.12. The van der Waals surface area contributed by atoms with Crippen LogP contribution < -0.4 is 5.32 Å². The van der Waals surface area contributed by atoms with Gasteiger partial charge in [0, 0.05) is 12.5 Å². The topological polar surface area (TPSA) is 49.3 Å². The Balaban J connectivity index is 1.78. The second-order valence-corrected chi connectivity index (χ2v) is 4.49. The van der Waals surface area contributed by atoms with Gasteiger partial charge in [-0.05, 0) is 32.2 Å². The Bertz CT molecular complexity index is 176. The lowest BCUT2D eigenvalue weighted by Gasteiger charge is -2.10. The van der Waals surface area contributed by atoms with Crippen molar-refractivity contribution in [3.63, 3.8) is 0 Å². The molecule has 0 atom stereocenters. The molecule has 0 unspecified atom stereocenters. The molecule has 0 saturated heterocycles. The van der Waals surface area contributed by atoms with Crippen molar-refractivity contribution in [1.82, 2.24) is 5.32 Å². The highest BCUT2D eigenvalue weighted by molar-refractivity contribution is 5.66. The van der Waals surface area contributed by atoms with Gasteiger partial charge in [-0.25, -0.2) is 0 Å². The summed E-state index contributed by atoms with van der Waals surface area (Å²) in [6.45, 7) is 1.11. The van der Waals surface area contributed by atoms with Crippen LogP contribution in [0.25, 0.3) is 0 Å². The van der Waals surface area contributed by atoms with E-state index in [4.69, 9.17) is 5.11 Å². The lowest BCUT2D eigenvalue weighted by Crippen LogP contribution is -2.26. The molecule has 88 valence electrons. The molecular weight excluding hydrogens is 190 g/mol. The summed E-state index contributed by atoms with van der Waals surface area (Å²) in [7, 11) is 0. The first-order chi connectivity index (χ1) is 7.29. The molecular formula is C12H23NO2. The van der Waals surface area contributed by atoms with Gasteiger partial charge in [0.2, 0.25) is 0 Å². The second kappa shape index (κ2) is 7.69. The molecule has 0 heterocycles. The van der Waals surface area contributed by atoms with Crippen molar-refractivity contribution in [2.75, 3.05) is 6.54 Å². The Morgan fingerprint density at radius 1 is 1.13 bits per heavy atom. The molecule has 0 spiro atoms. The third-order valence-corrected chi connectivity index (χ3v) is 3.11. The van der Waals surface area contributed by atoms with Gasteiger partial charge in [-0.1, -0.05) is 25.7 Å². The third kappa shape index (κ3) is 6.50. The summed E-state index contributed by atoms with van der Waals surface area (Å²) in [6, 6.07) is 0.768. The minimum absolute atomic E-state index is 0.329. The number of carbonyl (C=O) groups is 1. The van der Waals surface area contributed by atoms with Crippen molar-refractivity contribution in [2.45, 2.75) is 63.8 Å². The first kappa shape index (κ1) is 12.5. The van der Waals surface area contributed by atoms with Crippen molar-refractivity contribution >= 4 is 5.97 Å².